The Morgan fingerprint density at radius 1 is 1.05 bits per heavy atom. The first-order valence-corrected chi connectivity index (χ1v) is 8.37. The highest BCUT2D eigenvalue weighted by Gasteiger charge is 2.22. The summed E-state index contributed by atoms with van der Waals surface area (Å²) in [5.41, 5.74) is 1.50. The summed E-state index contributed by atoms with van der Waals surface area (Å²) in [5, 5.41) is 3.71. The van der Waals surface area contributed by atoms with Gasteiger partial charge in [-0.25, -0.2) is 0 Å². The highest BCUT2D eigenvalue weighted by atomic mass is 79.9. The van der Waals surface area contributed by atoms with Gasteiger partial charge in [0.05, 0.1) is 16.1 Å². The van der Waals surface area contributed by atoms with E-state index in [9.17, 15) is 0 Å². The summed E-state index contributed by atoms with van der Waals surface area (Å²) in [4.78, 5) is 0. The van der Waals surface area contributed by atoms with Crippen LogP contribution in [-0.2, 0) is 6.54 Å². The predicted molar refractivity (Wildman–Crippen MR) is 88.8 cm³/mol. The van der Waals surface area contributed by atoms with Crippen LogP contribution in [0.2, 0.25) is 0 Å². The predicted octanol–water partition coefficient (Wildman–Crippen LogP) is 5.28. The molecular weight excluding hydrogens is 370 g/mol. The van der Waals surface area contributed by atoms with Crippen molar-refractivity contribution in [2.45, 2.75) is 52.1 Å². The van der Waals surface area contributed by atoms with Crippen molar-refractivity contribution in [3.63, 3.8) is 0 Å². The third-order valence-electron chi connectivity index (χ3n) is 3.96. The van der Waals surface area contributed by atoms with Crippen molar-refractivity contribution < 1.29 is 4.74 Å². The summed E-state index contributed by atoms with van der Waals surface area (Å²) < 4.78 is 7.29. The smallest absolute Gasteiger partial charge is 0.147 e. The van der Waals surface area contributed by atoms with Crippen LogP contribution in [0, 0.1) is 0 Å². The summed E-state index contributed by atoms with van der Waals surface area (Å²) in [5.74, 6) is 0.844. The number of benzene rings is 1. The maximum Gasteiger partial charge on any atom is 0.147 e. The molecule has 0 atom stereocenters. The second kappa shape index (κ2) is 7.65. The third-order valence-corrected chi connectivity index (χ3v) is 5.14. The average Bonchev–Trinajstić information content (AvgIpc) is 2.41. The molecule has 0 saturated heterocycles. The Morgan fingerprint density at radius 2 is 1.53 bits per heavy atom. The number of rotatable bonds is 7. The van der Waals surface area contributed by atoms with Gasteiger partial charge in [-0.15, -0.1) is 0 Å². The number of hydrogen-bond acceptors (Lipinski definition) is 2. The Hall–Kier alpha value is -0.0600. The Bertz CT molecular complexity index is 385. The van der Waals surface area contributed by atoms with Gasteiger partial charge in [0.15, 0.2) is 0 Å². The topological polar surface area (TPSA) is 21.3 Å². The van der Waals surface area contributed by atoms with E-state index < -0.39 is 0 Å². The van der Waals surface area contributed by atoms with Gasteiger partial charge < -0.3 is 10.1 Å². The number of halogens is 2. The van der Waals surface area contributed by atoms with Gasteiger partial charge >= 0.3 is 0 Å². The maximum absolute atomic E-state index is 5.33. The zero-order valence-electron chi connectivity index (χ0n) is 12.1. The van der Waals surface area contributed by atoms with E-state index in [0.717, 1.165) is 40.5 Å². The van der Waals surface area contributed by atoms with Crippen LogP contribution in [0.15, 0.2) is 21.1 Å². The highest BCUT2D eigenvalue weighted by Crippen LogP contribution is 2.34. The van der Waals surface area contributed by atoms with Crippen LogP contribution in [0.3, 0.4) is 0 Å². The molecule has 2 nitrogen and oxygen atoms in total. The number of methoxy groups -OCH3 is 1. The Balaban J connectivity index is 2.84. The van der Waals surface area contributed by atoms with Crippen molar-refractivity contribution in [1.29, 1.82) is 0 Å². The van der Waals surface area contributed by atoms with Crippen LogP contribution in [-0.4, -0.2) is 12.6 Å². The molecule has 0 aliphatic rings. The maximum atomic E-state index is 5.33. The molecule has 108 valence electrons. The van der Waals surface area contributed by atoms with E-state index in [4.69, 9.17) is 4.74 Å². The van der Waals surface area contributed by atoms with Crippen molar-refractivity contribution in [3.8, 4) is 5.75 Å². The minimum Gasteiger partial charge on any atom is -0.494 e. The molecule has 0 amide bonds. The first-order chi connectivity index (χ1) is 9.01. The largest absolute Gasteiger partial charge is 0.494 e. The van der Waals surface area contributed by atoms with Gasteiger partial charge in [-0.05, 0) is 68.8 Å². The standard InChI is InChI=1S/C15H23Br2NO/c1-5-15(6-2,7-3)18-10-11-8-12(16)14(19-4)13(17)9-11/h8-9,18H,5-7,10H2,1-4H3. The summed E-state index contributed by atoms with van der Waals surface area (Å²) in [6.07, 6.45) is 3.45. The van der Waals surface area contributed by atoms with Crippen LogP contribution in [0.4, 0.5) is 0 Å². The molecule has 19 heavy (non-hydrogen) atoms. The van der Waals surface area contributed by atoms with Crippen molar-refractivity contribution in [3.05, 3.63) is 26.6 Å². The molecule has 0 saturated carbocycles. The van der Waals surface area contributed by atoms with Crippen LogP contribution in [0.25, 0.3) is 0 Å². The van der Waals surface area contributed by atoms with Crippen molar-refractivity contribution in [1.82, 2.24) is 5.32 Å². The minimum absolute atomic E-state index is 0.249. The van der Waals surface area contributed by atoms with E-state index >= 15 is 0 Å². The summed E-state index contributed by atoms with van der Waals surface area (Å²) in [6, 6.07) is 4.23. The highest BCUT2D eigenvalue weighted by molar-refractivity contribution is 9.11. The monoisotopic (exact) mass is 391 g/mol. The summed E-state index contributed by atoms with van der Waals surface area (Å²) in [6.45, 7) is 7.62. The van der Waals surface area contributed by atoms with E-state index in [-0.39, 0.29) is 5.54 Å². The van der Waals surface area contributed by atoms with Crippen LogP contribution < -0.4 is 10.1 Å². The third kappa shape index (κ3) is 4.20. The van der Waals surface area contributed by atoms with E-state index in [0.29, 0.717) is 0 Å². The number of ether oxygens (including phenoxy) is 1. The molecule has 0 aromatic heterocycles. The zero-order valence-corrected chi connectivity index (χ0v) is 15.3. The first kappa shape index (κ1) is 17.0. The lowest BCUT2D eigenvalue weighted by molar-refractivity contribution is 0.288. The van der Waals surface area contributed by atoms with Crippen molar-refractivity contribution >= 4 is 31.9 Å². The van der Waals surface area contributed by atoms with E-state index in [1.807, 2.05) is 0 Å². The van der Waals surface area contributed by atoms with Crippen molar-refractivity contribution in [2.75, 3.05) is 7.11 Å². The fraction of sp³-hybridized carbons (Fsp3) is 0.600. The lowest BCUT2D eigenvalue weighted by atomic mass is 9.89. The summed E-state index contributed by atoms with van der Waals surface area (Å²) >= 11 is 7.09. The zero-order chi connectivity index (χ0) is 14.5. The molecule has 0 aliphatic heterocycles. The SMILES string of the molecule is CCC(CC)(CC)NCc1cc(Br)c(OC)c(Br)c1. The van der Waals surface area contributed by atoms with Gasteiger partial charge in [-0.2, -0.15) is 0 Å². The average molecular weight is 393 g/mol. The van der Waals surface area contributed by atoms with E-state index in [2.05, 4.69) is 70.1 Å². The molecule has 4 heteroatoms. The van der Waals surface area contributed by atoms with E-state index in [1.165, 1.54) is 5.56 Å². The second-order valence-electron chi connectivity index (χ2n) is 4.79. The van der Waals surface area contributed by atoms with Crippen LogP contribution in [0.5, 0.6) is 5.75 Å². The quantitative estimate of drug-likeness (QED) is 0.681. The molecule has 0 fully saturated rings. The lowest BCUT2D eigenvalue weighted by Gasteiger charge is -2.32. The molecule has 0 spiro atoms. The Morgan fingerprint density at radius 3 is 1.89 bits per heavy atom. The van der Waals surface area contributed by atoms with Gasteiger partial charge in [-0.3, -0.25) is 0 Å². The first-order valence-electron chi connectivity index (χ1n) is 6.78. The minimum atomic E-state index is 0.249. The number of nitrogens with one attached hydrogen (secondary N) is 1. The van der Waals surface area contributed by atoms with Gasteiger partial charge in [-0.1, -0.05) is 20.8 Å². The molecule has 1 aromatic rings. The van der Waals surface area contributed by atoms with Gasteiger partial charge in [0, 0.05) is 12.1 Å². The molecule has 1 N–H and O–H groups in total. The number of hydrogen-bond donors (Lipinski definition) is 1. The van der Waals surface area contributed by atoms with Gasteiger partial charge in [0.1, 0.15) is 5.75 Å². The Labute approximate surface area is 133 Å². The second-order valence-corrected chi connectivity index (χ2v) is 6.50. The summed E-state index contributed by atoms with van der Waals surface area (Å²) in [7, 11) is 1.68. The van der Waals surface area contributed by atoms with Gasteiger partial charge in [0.2, 0.25) is 0 Å². The molecule has 0 unspecified atom stereocenters. The molecule has 1 rings (SSSR count). The van der Waals surface area contributed by atoms with Crippen LogP contribution in [0.1, 0.15) is 45.6 Å². The molecular formula is C15H23Br2NO. The molecule has 0 bridgehead atoms. The normalized spacial score (nSPS) is 11.7. The lowest BCUT2D eigenvalue weighted by Crippen LogP contribution is -2.43. The molecule has 0 radical (unpaired) electrons. The van der Waals surface area contributed by atoms with Crippen molar-refractivity contribution in [2.24, 2.45) is 0 Å². The molecule has 0 heterocycles. The molecule has 0 aliphatic carbocycles. The fourth-order valence-electron chi connectivity index (χ4n) is 2.32. The van der Waals surface area contributed by atoms with E-state index in [1.54, 1.807) is 7.11 Å². The fourth-order valence-corrected chi connectivity index (χ4v) is 3.93. The van der Waals surface area contributed by atoms with Crippen LogP contribution >= 0.6 is 31.9 Å². The molecule has 1 aromatic carbocycles. The Kier molecular flexibility index (Phi) is 6.84. The van der Waals surface area contributed by atoms with Gasteiger partial charge in [0.25, 0.3) is 0 Å².